The van der Waals surface area contributed by atoms with Crippen molar-refractivity contribution in [2.45, 2.75) is 0 Å². The molecule has 5 nitrogen and oxygen atoms in total. The summed E-state index contributed by atoms with van der Waals surface area (Å²) in [6, 6.07) is 13.9. The standard InChI is InChI=1S/C19H19ClN4O/c1-25-16-5-6-18-17(12-16)19(22-13-21-18)24-9-7-23(8-10-24)15-4-2-3-14(20)11-15/h2-6,11-13H,7-10H2,1H3. The van der Waals surface area contributed by atoms with Gasteiger partial charge in [-0.2, -0.15) is 0 Å². The molecule has 3 aromatic rings. The van der Waals surface area contributed by atoms with Gasteiger partial charge in [0.1, 0.15) is 17.9 Å². The average molecular weight is 355 g/mol. The topological polar surface area (TPSA) is 41.5 Å². The van der Waals surface area contributed by atoms with Crippen LogP contribution in [-0.2, 0) is 0 Å². The van der Waals surface area contributed by atoms with Gasteiger partial charge in [-0.1, -0.05) is 17.7 Å². The van der Waals surface area contributed by atoms with E-state index >= 15 is 0 Å². The van der Waals surface area contributed by atoms with Crippen molar-refractivity contribution >= 4 is 34.0 Å². The van der Waals surface area contributed by atoms with E-state index in [9.17, 15) is 0 Å². The lowest BCUT2D eigenvalue weighted by Crippen LogP contribution is -2.46. The second-order valence-electron chi connectivity index (χ2n) is 6.03. The number of aromatic nitrogens is 2. The monoisotopic (exact) mass is 354 g/mol. The Hall–Kier alpha value is -2.53. The number of halogens is 1. The van der Waals surface area contributed by atoms with Gasteiger partial charge in [0.15, 0.2) is 0 Å². The second-order valence-corrected chi connectivity index (χ2v) is 6.47. The summed E-state index contributed by atoms with van der Waals surface area (Å²) >= 11 is 6.12. The molecule has 0 saturated carbocycles. The molecule has 1 fully saturated rings. The Morgan fingerprint density at radius 1 is 0.960 bits per heavy atom. The molecule has 0 amide bonds. The van der Waals surface area contributed by atoms with Gasteiger partial charge >= 0.3 is 0 Å². The van der Waals surface area contributed by atoms with Crippen molar-refractivity contribution in [1.82, 2.24) is 9.97 Å². The molecular formula is C19H19ClN4O. The Balaban J connectivity index is 1.57. The molecule has 0 spiro atoms. The lowest BCUT2D eigenvalue weighted by molar-refractivity contribution is 0.415. The Morgan fingerprint density at radius 2 is 1.76 bits per heavy atom. The SMILES string of the molecule is COc1ccc2ncnc(N3CCN(c4cccc(Cl)c4)CC3)c2c1. The van der Waals surface area contributed by atoms with Crippen molar-refractivity contribution in [2.24, 2.45) is 0 Å². The minimum absolute atomic E-state index is 0.772. The molecule has 1 aromatic heterocycles. The predicted octanol–water partition coefficient (Wildman–Crippen LogP) is 3.62. The molecule has 0 bridgehead atoms. The van der Waals surface area contributed by atoms with Gasteiger partial charge in [0.05, 0.1) is 12.6 Å². The molecule has 25 heavy (non-hydrogen) atoms. The first-order chi connectivity index (χ1) is 12.2. The summed E-state index contributed by atoms with van der Waals surface area (Å²) in [5.41, 5.74) is 2.10. The van der Waals surface area contributed by atoms with Crippen molar-refractivity contribution in [3.8, 4) is 5.75 Å². The summed E-state index contributed by atoms with van der Waals surface area (Å²) in [6.45, 7) is 3.65. The predicted molar refractivity (Wildman–Crippen MR) is 102 cm³/mol. The zero-order valence-electron chi connectivity index (χ0n) is 14.0. The third-order valence-corrected chi connectivity index (χ3v) is 4.81. The zero-order valence-corrected chi connectivity index (χ0v) is 14.8. The highest BCUT2D eigenvalue weighted by Gasteiger charge is 2.20. The molecule has 0 N–H and O–H groups in total. The third-order valence-electron chi connectivity index (χ3n) is 4.57. The molecule has 0 unspecified atom stereocenters. The first-order valence-electron chi connectivity index (χ1n) is 8.29. The zero-order chi connectivity index (χ0) is 17.2. The van der Waals surface area contributed by atoms with Gasteiger partial charge in [-0.05, 0) is 36.4 Å². The number of methoxy groups -OCH3 is 1. The van der Waals surface area contributed by atoms with Gasteiger partial charge in [-0.25, -0.2) is 9.97 Å². The molecular weight excluding hydrogens is 336 g/mol. The smallest absolute Gasteiger partial charge is 0.140 e. The minimum Gasteiger partial charge on any atom is -0.497 e. The first kappa shape index (κ1) is 16.0. The van der Waals surface area contributed by atoms with E-state index in [4.69, 9.17) is 16.3 Å². The van der Waals surface area contributed by atoms with E-state index in [-0.39, 0.29) is 0 Å². The summed E-state index contributed by atoms with van der Waals surface area (Å²) < 4.78 is 5.36. The average Bonchev–Trinajstić information content (AvgIpc) is 2.67. The van der Waals surface area contributed by atoms with Gasteiger partial charge in [0.2, 0.25) is 0 Å². The first-order valence-corrected chi connectivity index (χ1v) is 8.66. The lowest BCUT2D eigenvalue weighted by Gasteiger charge is -2.37. The highest BCUT2D eigenvalue weighted by molar-refractivity contribution is 6.30. The minimum atomic E-state index is 0.772. The van der Waals surface area contributed by atoms with Crippen LogP contribution in [-0.4, -0.2) is 43.3 Å². The van der Waals surface area contributed by atoms with E-state index in [1.807, 2.05) is 36.4 Å². The highest BCUT2D eigenvalue weighted by atomic mass is 35.5. The number of fused-ring (bicyclic) bond motifs is 1. The van der Waals surface area contributed by atoms with Crippen LogP contribution in [0.5, 0.6) is 5.75 Å². The quantitative estimate of drug-likeness (QED) is 0.718. The Kier molecular flexibility index (Phi) is 4.32. The summed E-state index contributed by atoms with van der Waals surface area (Å²) in [7, 11) is 1.67. The molecule has 0 aliphatic carbocycles. The maximum absolute atomic E-state index is 6.12. The number of anilines is 2. The normalized spacial score (nSPS) is 14.8. The number of ether oxygens (including phenoxy) is 1. The molecule has 1 aliphatic rings. The van der Waals surface area contributed by atoms with Crippen molar-refractivity contribution in [2.75, 3.05) is 43.1 Å². The van der Waals surface area contributed by atoms with Gasteiger partial charge in [-0.15, -0.1) is 0 Å². The Morgan fingerprint density at radius 3 is 2.52 bits per heavy atom. The fraction of sp³-hybridized carbons (Fsp3) is 0.263. The van der Waals surface area contributed by atoms with Crippen LogP contribution in [0.3, 0.4) is 0 Å². The molecule has 6 heteroatoms. The fourth-order valence-electron chi connectivity index (χ4n) is 3.25. The van der Waals surface area contributed by atoms with Crippen LogP contribution in [0.2, 0.25) is 5.02 Å². The van der Waals surface area contributed by atoms with Crippen molar-refractivity contribution in [3.63, 3.8) is 0 Å². The molecule has 2 heterocycles. The maximum Gasteiger partial charge on any atom is 0.140 e. The van der Waals surface area contributed by atoms with Crippen molar-refractivity contribution in [1.29, 1.82) is 0 Å². The van der Waals surface area contributed by atoms with E-state index in [0.29, 0.717) is 0 Å². The summed E-state index contributed by atoms with van der Waals surface area (Å²) in [6.07, 6.45) is 1.63. The molecule has 0 atom stereocenters. The van der Waals surface area contributed by atoms with Crippen molar-refractivity contribution in [3.05, 3.63) is 53.8 Å². The summed E-state index contributed by atoms with van der Waals surface area (Å²) in [5, 5.41) is 1.80. The second kappa shape index (κ2) is 6.76. The number of benzene rings is 2. The van der Waals surface area contributed by atoms with Crippen LogP contribution in [0.15, 0.2) is 48.8 Å². The van der Waals surface area contributed by atoms with E-state index in [2.05, 4.69) is 25.8 Å². The van der Waals surface area contributed by atoms with Crippen LogP contribution >= 0.6 is 11.6 Å². The van der Waals surface area contributed by atoms with E-state index in [0.717, 1.165) is 53.7 Å². The fourth-order valence-corrected chi connectivity index (χ4v) is 3.43. The molecule has 128 valence electrons. The number of nitrogens with zero attached hydrogens (tertiary/aromatic N) is 4. The van der Waals surface area contributed by atoms with Crippen LogP contribution in [0.1, 0.15) is 0 Å². The van der Waals surface area contributed by atoms with Gasteiger partial charge < -0.3 is 14.5 Å². The van der Waals surface area contributed by atoms with Crippen molar-refractivity contribution < 1.29 is 4.74 Å². The van der Waals surface area contributed by atoms with Crippen LogP contribution in [0.25, 0.3) is 10.9 Å². The summed E-state index contributed by atoms with van der Waals surface area (Å²) in [4.78, 5) is 13.6. The highest BCUT2D eigenvalue weighted by Crippen LogP contribution is 2.28. The van der Waals surface area contributed by atoms with Crippen LogP contribution < -0.4 is 14.5 Å². The van der Waals surface area contributed by atoms with Gasteiger partial charge in [0, 0.05) is 42.3 Å². The number of hydrogen-bond donors (Lipinski definition) is 0. The Bertz CT molecular complexity index is 893. The van der Waals surface area contributed by atoms with E-state index in [1.165, 1.54) is 5.69 Å². The number of hydrogen-bond acceptors (Lipinski definition) is 5. The maximum atomic E-state index is 6.12. The molecule has 1 saturated heterocycles. The van der Waals surface area contributed by atoms with Gasteiger partial charge in [-0.3, -0.25) is 0 Å². The number of rotatable bonds is 3. The lowest BCUT2D eigenvalue weighted by atomic mass is 10.2. The van der Waals surface area contributed by atoms with Crippen LogP contribution in [0, 0.1) is 0 Å². The number of piperazine rings is 1. The third kappa shape index (κ3) is 3.20. The van der Waals surface area contributed by atoms with Crippen LogP contribution in [0.4, 0.5) is 11.5 Å². The van der Waals surface area contributed by atoms with E-state index in [1.54, 1.807) is 13.4 Å². The Labute approximate surface area is 151 Å². The van der Waals surface area contributed by atoms with Gasteiger partial charge in [0.25, 0.3) is 0 Å². The van der Waals surface area contributed by atoms with E-state index < -0.39 is 0 Å². The molecule has 4 rings (SSSR count). The molecule has 2 aromatic carbocycles. The summed E-state index contributed by atoms with van der Waals surface area (Å²) in [5.74, 6) is 1.79. The largest absolute Gasteiger partial charge is 0.497 e. The molecule has 0 radical (unpaired) electrons. The molecule has 1 aliphatic heterocycles.